The molecule has 7 heteroatoms. The first kappa shape index (κ1) is 24.3. The predicted molar refractivity (Wildman–Crippen MR) is 134 cm³/mol. The fourth-order valence-electron chi connectivity index (χ4n) is 3.57. The van der Waals surface area contributed by atoms with E-state index < -0.39 is 0 Å². The van der Waals surface area contributed by atoms with Crippen LogP contribution in [0, 0.1) is 0 Å². The van der Waals surface area contributed by atoms with Crippen molar-refractivity contribution in [3.05, 3.63) is 70.1 Å². The minimum absolute atomic E-state index is 0.0403. The minimum Gasteiger partial charge on any atom is -0.297 e. The first-order valence-corrected chi connectivity index (χ1v) is 11.9. The highest BCUT2D eigenvalue weighted by molar-refractivity contribution is 5.50. The minimum atomic E-state index is -0.139. The molecule has 0 fully saturated rings. The third-order valence-corrected chi connectivity index (χ3v) is 5.41. The van der Waals surface area contributed by atoms with Crippen LogP contribution in [0.4, 0.5) is 22.7 Å². The Bertz CT molecular complexity index is 1140. The molecule has 0 saturated carbocycles. The van der Waals surface area contributed by atoms with E-state index in [2.05, 4.69) is 45.5 Å². The number of H-pyrrole nitrogens is 1. The maximum absolute atomic E-state index is 12.7. The van der Waals surface area contributed by atoms with E-state index >= 15 is 0 Å². The molecule has 0 aliphatic heterocycles. The van der Waals surface area contributed by atoms with E-state index in [4.69, 9.17) is 0 Å². The standard InChI is InChI=1S/C26H34N6O/c1-5-7-8-12-20-13-9-10-14-23(20)29-27-21-15-17-22(18-16-21)28-30-25-24(11-6-2)31-32(19(3)4)26(25)33/h9-10,13-19,31H,5-8,11-12H2,1-4H3. The van der Waals surface area contributed by atoms with Crippen molar-refractivity contribution in [2.24, 2.45) is 20.5 Å². The second kappa shape index (κ2) is 12.0. The van der Waals surface area contributed by atoms with Gasteiger partial charge in [-0.25, -0.2) is 4.68 Å². The molecule has 0 aliphatic carbocycles. The molecule has 1 N–H and O–H groups in total. The van der Waals surface area contributed by atoms with Crippen LogP contribution in [-0.4, -0.2) is 9.78 Å². The van der Waals surface area contributed by atoms with Gasteiger partial charge in [-0.1, -0.05) is 51.3 Å². The third kappa shape index (κ3) is 6.57. The number of rotatable bonds is 11. The SMILES string of the molecule is CCCCCc1ccccc1N=Nc1ccc(N=Nc2c(CCC)[nH]n(C(C)C)c2=O)cc1. The summed E-state index contributed by atoms with van der Waals surface area (Å²) in [6.07, 6.45) is 6.26. The molecule has 174 valence electrons. The van der Waals surface area contributed by atoms with E-state index in [1.54, 1.807) is 4.68 Å². The summed E-state index contributed by atoms with van der Waals surface area (Å²) in [5.41, 5.74) is 4.61. The number of aromatic nitrogens is 2. The number of azo groups is 2. The van der Waals surface area contributed by atoms with Crippen molar-refractivity contribution in [2.75, 3.05) is 0 Å². The number of aryl methyl sites for hydroxylation is 2. The van der Waals surface area contributed by atoms with Crippen molar-refractivity contribution in [1.29, 1.82) is 0 Å². The normalized spacial score (nSPS) is 11.9. The third-order valence-electron chi connectivity index (χ3n) is 5.41. The van der Waals surface area contributed by atoms with Crippen LogP contribution in [0.1, 0.15) is 70.7 Å². The Morgan fingerprint density at radius 1 is 0.818 bits per heavy atom. The molecule has 7 nitrogen and oxygen atoms in total. The van der Waals surface area contributed by atoms with Crippen molar-refractivity contribution in [3.63, 3.8) is 0 Å². The number of aromatic amines is 1. The summed E-state index contributed by atoms with van der Waals surface area (Å²) >= 11 is 0. The summed E-state index contributed by atoms with van der Waals surface area (Å²) in [6.45, 7) is 8.21. The number of hydrogen-bond acceptors (Lipinski definition) is 5. The Morgan fingerprint density at radius 2 is 1.48 bits per heavy atom. The lowest BCUT2D eigenvalue weighted by molar-refractivity contribution is 0.511. The van der Waals surface area contributed by atoms with Crippen molar-refractivity contribution in [1.82, 2.24) is 9.78 Å². The van der Waals surface area contributed by atoms with Gasteiger partial charge in [-0.15, -0.1) is 5.11 Å². The Labute approximate surface area is 195 Å². The summed E-state index contributed by atoms with van der Waals surface area (Å²) in [7, 11) is 0. The van der Waals surface area contributed by atoms with Gasteiger partial charge in [0.2, 0.25) is 0 Å². The van der Waals surface area contributed by atoms with Gasteiger partial charge in [0.1, 0.15) is 0 Å². The van der Waals surface area contributed by atoms with E-state index in [9.17, 15) is 4.79 Å². The smallest absolute Gasteiger partial charge is 0.294 e. The van der Waals surface area contributed by atoms with Crippen LogP contribution < -0.4 is 5.56 Å². The highest BCUT2D eigenvalue weighted by Gasteiger charge is 2.15. The van der Waals surface area contributed by atoms with Crippen LogP contribution in [-0.2, 0) is 12.8 Å². The highest BCUT2D eigenvalue weighted by Crippen LogP contribution is 2.26. The number of benzene rings is 2. The average Bonchev–Trinajstić information content (AvgIpc) is 3.13. The highest BCUT2D eigenvalue weighted by atomic mass is 16.1. The molecule has 3 rings (SSSR count). The van der Waals surface area contributed by atoms with Gasteiger partial charge in [0.25, 0.3) is 5.56 Å². The summed E-state index contributed by atoms with van der Waals surface area (Å²) in [5.74, 6) is 0. The lowest BCUT2D eigenvalue weighted by Gasteiger charge is -2.04. The first-order chi connectivity index (χ1) is 16.0. The molecule has 1 aromatic heterocycles. The summed E-state index contributed by atoms with van der Waals surface area (Å²) < 4.78 is 1.60. The molecule has 0 radical (unpaired) electrons. The molecule has 0 amide bonds. The molecule has 0 aliphatic rings. The number of unbranched alkanes of at least 4 members (excludes halogenated alkanes) is 2. The largest absolute Gasteiger partial charge is 0.297 e. The van der Waals surface area contributed by atoms with Gasteiger partial charge in [0.15, 0.2) is 5.69 Å². The van der Waals surface area contributed by atoms with Gasteiger partial charge in [-0.3, -0.25) is 9.89 Å². The fourth-order valence-corrected chi connectivity index (χ4v) is 3.57. The molecule has 0 unspecified atom stereocenters. The predicted octanol–water partition coefficient (Wildman–Crippen LogP) is 8.27. The molecule has 33 heavy (non-hydrogen) atoms. The molecule has 1 heterocycles. The van der Waals surface area contributed by atoms with E-state index in [0.29, 0.717) is 11.4 Å². The topological polar surface area (TPSA) is 87.2 Å². The lowest BCUT2D eigenvalue weighted by atomic mass is 10.1. The molecule has 0 spiro atoms. The number of hydrogen-bond donors (Lipinski definition) is 1. The zero-order chi connectivity index (χ0) is 23.6. The maximum Gasteiger partial charge on any atom is 0.294 e. The second-order valence-electron chi connectivity index (χ2n) is 8.46. The van der Waals surface area contributed by atoms with E-state index in [-0.39, 0.29) is 11.6 Å². The summed E-state index contributed by atoms with van der Waals surface area (Å²) in [6, 6.07) is 15.6. The molecule has 3 aromatic rings. The summed E-state index contributed by atoms with van der Waals surface area (Å²) in [5, 5.41) is 20.6. The molecule has 0 atom stereocenters. The fraction of sp³-hybridized carbons (Fsp3) is 0.423. The molecule has 0 bridgehead atoms. The van der Waals surface area contributed by atoms with E-state index in [1.807, 2.05) is 56.3 Å². The Hall–Kier alpha value is -3.35. The summed E-state index contributed by atoms with van der Waals surface area (Å²) in [4.78, 5) is 12.7. The van der Waals surface area contributed by atoms with Crippen molar-refractivity contribution >= 4 is 22.7 Å². The Kier molecular flexibility index (Phi) is 8.87. The van der Waals surface area contributed by atoms with Crippen LogP contribution in [0.25, 0.3) is 0 Å². The van der Waals surface area contributed by atoms with Crippen LogP contribution >= 0.6 is 0 Å². The molecular formula is C26H34N6O. The molecular weight excluding hydrogens is 412 g/mol. The molecule has 2 aromatic carbocycles. The van der Waals surface area contributed by atoms with Gasteiger partial charge < -0.3 is 0 Å². The van der Waals surface area contributed by atoms with Crippen LogP contribution in [0.3, 0.4) is 0 Å². The number of nitrogens with zero attached hydrogens (tertiary/aromatic N) is 5. The molecule has 0 saturated heterocycles. The van der Waals surface area contributed by atoms with Gasteiger partial charge >= 0.3 is 0 Å². The second-order valence-corrected chi connectivity index (χ2v) is 8.46. The lowest BCUT2D eigenvalue weighted by Crippen LogP contribution is -2.18. The maximum atomic E-state index is 12.7. The van der Waals surface area contributed by atoms with E-state index in [1.165, 1.54) is 18.4 Å². The van der Waals surface area contributed by atoms with Crippen LogP contribution in [0.2, 0.25) is 0 Å². The first-order valence-electron chi connectivity index (χ1n) is 11.9. The van der Waals surface area contributed by atoms with Crippen molar-refractivity contribution in [2.45, 2.75) is 72.3 Å². The van der Waals surface area contributed by atoms with Crippen LogP contribution in [0.5, 0.6) is 0 Å². The average molecular weight is 447 g/mol. The van der Waals surface area contributed by atoms with Gasteiger partial charge in [0, 0.05) is 6.04 Å². The Morgan fingerprint density at radius 3 is 2.12 bits per heavy atom. The Balaban J connectivity index is 1.73. The zero-order valence-electron chi connectivity index (χ0n) is 20.1. The van der Waals surface area contributed by atoms with Gasteiger partial charge in [-0.2, -0.15) is 15.3 Å². The van der Waals surface area contributed by atoms with Crippen molar-refractivity contribution in [3.8, 4) is 0 Å². The monoisotopic (exact) mass is 446 g/mol. The number of nitrogens with one attached hydrogen (secondary N) is 1. The van der Waals surface area contributed by atoms with Gasteiger partial charge in [-0.05, 0) is 69.0 Å². The van der Waals surface area contributed by atoms with E-state index in [0.717, 1.165) is 42.8 Å². The van der Waals surface area contributed by atoms with Gasteiger partial charge in [0.05, 0.1) is 22.8 Å². The quantitative estimate of drug-likeness (QED) is 0.233. The van der Waals surface area contributed by atoms with Crippen molar-refractivity contribution < 1.29 is 0 Å². The van der Waals surface area contributed by atoms with Crippen LogP contribution in [0.15, 0.2) is 73.8 Å². The zero-order valence-corrected chi connectivity index (χ0v) is 20.1.